The van der Waals surface area contributed by atoms with E-state index in [0.717, 1.165) is 38.8 Å². The van der Waals surface area contributed by atoms with Crippen molar-refractivity contribution in [3.63, 3.8) is 0 Å². The van der Waals surface area contributed by atoms with E-state index in [1.807, 2.05) is 0 Å². The molecule has 0 aromatic carbocycles. The third-order valence-corrected chi connectivity index (χ3v) is 4.29. The molecule has 0 aromatic rings. The number of rotatable bonds is 7. The minimum atomic E-state index is -0.823. The minimum Gasteiger partial charge on any atom is -0.481 e. The Balaban J connectivity index is 1.57. The van der Waals surface area contributed by atoms with E-state index >= 15 is 0 Å². The number of amides is 1. The number of ether oxygens (including phenoxy) is 1. The molecule has 0 unspecified atom stereocenters. The zero-order valence-corrected chi connectivity index (χ0v) is 12.6. The molecular formula is C15H26N2O4. The third kappa shape index (κ3) is 6.01. The quantitative estimate of drug-likeness (QED) is 0.733. The van der Waals surface area contributed by atoms with E-state index in [4.69, 9.17) is 9.84 Å². The number of aliphatic carboxylic acids is 1. The van der Waals surface area contributed by atoms with Crippen molar-refractivity contribution in [2.45, 2.75) is 57.1 Å². The topological polar surface area (TPSA) is 78.9 Å². The number of nitrogens with one attached hydrogen (secondary N) is 1. The molecule has 1 aliphatic carbocycles. The van der Waals surface area contributed by atoms with Gasteiger partial charge in [0.1, 0.15) is 0 Å². The lowest BCUT2D eigenvalue weighted by molar-refractivity contribution is -0.139. The van der Waals surface area contributed by atoms with Crippen LogP contribution < -0.4 is 5.32 Å². The van der Waals surface area contributed by atoms with Gasteiger partial charge in [-0.15, -0.1) is 0 Å². The number of carbonyl (C=O) groups is 2. The van der Waals surface area contributed by atoms with Gasteiger partial charge in [0.05, 0.1) is 25.7 Å². The Hall–Kier alpha value is -1.14. The van der Waals surface area contributed by atoms with Gasteiger partial charge in [0.15, 0.2) is 0 Å². The molecule has 1 amide bonds. The molecule has 0 bridgehead atoms. The molecule has 2 N–H and O–H groups in total. The van der Waals surface area contributed by atoms with Crippen molar-refractivity contribution in [3.8, 4) is 0 Å². The molecular weight excluding hydrogens is 272 g/mol. The Morgan fingerprint density at radius 3 is 2.43 bits per heavy atom. The Morgan fingerprint density at radius 1 is 1.14 bits per heavy atom. The van der Waals surface area contributed by atoms with Crippen LogP contribution in [-0.2, 0) is 14.3 Å². The lowest BCUT2D eigenvalue weighted by atomic mass is 10.1. The van der Waals surface area contributed by atoms with Crippen molar-refractivity contribution in [1.29, 1.82) is 0 Å². The molecule has 21 heavy (non-hydrogen) atoms. The van der Waals surface area contributed by atoms with Gasteiger partial charge in [-0.1, -0.05) is 12.8 Å². The van der Waals surface area contributed by atoms with E-state index in [1.54, 1.807) is 0 Å². The maximum atomic E-state index is 11.9. The monoisotopic (exact) mass is 298 g/mol. The first-order chi connectivity index (χ1) is 10.1. The van der Waals surface area contributed by atoms with Crippen molar-refractivity contribution >= 4 is 11.9 Å². The predicted molar refractivity (Wildman–Crippen MR) is 78.1 cm³/mol. The van der Waals surface area contributed by atoms with E-state index in [9.17, 15) is 9.59 Å². The number of nitrogens with zero attached hydrogens (tertiary/aromatic N) is 1. The summed E-state index contributed by atoms with van der Waals surface area (Å²) in [6.45, 7) is 2.44. The van der Waals surface area contributed by atoms with Gasteiger partial charge < -0.3 is 15.2 Å². The third-order valence-electron chi connectivity index (χ3n) is 4.29. The number of piperidine rings is 1. The lowest BCUT2D eigenvalue weighted by Gasteiger charge is -2.31. The molecule has 1 saturated carbocycles. The van der Waals surface area contributed by atoms with Gasteiger partial charge in [0, 0.05) is 19.1 Å². The van der Waals surface area contributed by atoms with Crippen LogP contribution in [0.5, 0.6) is 0 Å². The van der Waals surface area contributed by atoms with Crippen LogP contribution in [0.4, 0.5) is 0 Å². The van der Waals surface area contributed by atoms with Crippen LogP contribution in [0.25, 0.3) is 0 Å². The highest BCUT2D eigenvalue weighted by molar-refractivity contribution is 5.78. The van der Waals surface area contributed by atoms with Crippen molar-refractivity contribution in [2.75, 3.05) is 26.2 Å². The maximum Gasteiger partial charge on any atom is 0.305 e. The number of hydrogen-bond acceptors (Lipinski definition) is 4. The Bertz CT molecular complexity index is 348. The maximum absolute atomic E-state index is 11.9. The summed E-state index contributed by atoms with van der Waals surface area (Å²) < 4.78 is 5.55. The number of carbonyl (C=O) groups excluding carboxylic acids is 1. The van der Waals surface area contributed by atoms with Crippen LogP contribution in [0.3, 0.4) is 0 Å². The lowest BCUT2D eigenvalue weighted by Crippen LogP contribution is -2.45. The number of hydrogen-bond donors (Lipinski definition) is 2. The number of carboxylic acid groups (broad SMARTS) is 1. The summed E-state index contributed by atoms with van der Waals surface area (Å²) >= 11 is 0. The van der Waals surface area contributed by atoms with Crippen LogP contribution in [-0.4, -0.2) is 60.3 Å². The summed E-state index contributed by atoms with van der Waals surface area (Å²) in [4.78, 5) is 24.5. The second-order valence-corrected chi connectivity index (χ2v) is 6.04. The summed E-state index contributed by atoms with van der Waals surface area (Å²) in [5, 5.41) is 11.7. The van der Waals surface area contributed by atoms with Crippen molar-refractivity contribution < 1.29 is 19.4 Å². The SMILES string of the molecule is O=C(O)CCOC1CCN(CC(=O)NC2CCCC2)CC1. The first-order valence-electron chi connectivity index (χ1n) is 7.98. The smallest absolute Gasteiger partial charge is 0.305 e. The van der Waals surface area contributed by atoms with Crippen molar-refractivity contribution in [3.05, 3.63) is 0 Å². The van der Waals surface area contributed by atoms with E-state index in [-0.39, 0.29) is 25.0 Å². The van der Waals surface area contributed by atoms with Gasteiger partial charge in [-0.3, -0.25) is 14.5 Å². The van der Waals surface area contributed by atoms with Gasteiger partial charge in [-0.2, -0.15) is 0 Å². The van der Waals surface area contributed by atoms with Crippen LogP contribution in [0.1, 0.15) is 44.9 Å². The second-order valence-electron chi connectivity index (χ2n) is 6.04. The highest BCUT2D eigenvalue weighted by Gasteiger charge is 2.23. The molecule has 120 valence electrons. The zero-order valence-electron chi connectivity index (χ0n) is 12.6. The molecule has 0 radical (unpaired) electrons. The van der Waals surface area contributed by atoms with E-state index in [2.05, 4.69) is 10.2 Å². The molecule has 0 spiro atoms. The highest BCUT2D eigenvalue weighted by atomic mass is 16.5. The van der Waals surface area contributed by atoms with Gasteiger partial charge in [0.25, 0.3) is 0 Å². The van der Waals surface area contributed by atoms with Crippen LogP contribution >= 0.6 is 0 Å². The Morgan fingerprint density at radius 2 is 1.81 bits per heavy atom. The fourth-order valence-electron chi connectivity index (χ4n) is 3.09. The molecule has 6 heteroatoms. The Kier molecular flexibility index (Phi) is 6.45. The van der Waals surface area contributed by atoms with E-state index in [1.165, 1.54) is 12.8 Å². The predicted octanol–water partition coefficient (Wildman–Crippen LogP) is 1.00. The van der Waals surface area contributed by atoms with Crippen molar-refractivity contribution in [2.24, 2.45) is 0 Å². The standard InChI is InChI=1S/C15H26N2O4/c18-14(16-12-3-1-2-4-12)11-17-8-5-13(6-9-17)21-10-7-15(19)20/h12-13H,1-11H2,(H,16,18)(H,19,20). The molecule has 6 nitrogen and oxygen atoms in total. The van der Waals surface area contributed by atoms with Gasteiger partial charge in [-0.25, -0.2) is 0 Å². The summed E-state index contributed by atoms with van der Waals surface area (Å²) in [7, 11) is 0. The number of carboxylic acids is 1. The average molecular weight is 298 g/mol. The second kappa shape index (κ2) is 8.34. The summed E-state index contributed by atoms with van der Waals surface area (Å²) in [5.74, 6) is -0.692. The molecule has 2 rings (SSSR count). The average Bonchev–Trinajstić information content (AvgIpc) is 2.93. The largest absolute Gasteiger partial charge is 0.481 e. The molecule has 1 aliphatic heterocycles. The van der Waals surface area contributed by atoms with Gasteiger partial charge >= 0.3 is 5.97 Å². The fourth-order valence-corrected chi connectivity index (χ4v) is 3.09. The number of likely N-dealkylation sites (tertiary alicyclic amines) is 1. The van der Waals surface area contributed by atoms with E-state index in [0.29, 0.717) is 12.6 Å². The summed E-state index contributed by atoms with van der Waals surface area (Å²) in [6, 6.07) is 0.384. The minimum absolute atomic E-state index is 0.0595. The summed E-state index contributed by atoms with van der Waals surface area (Å²) in [5.41, 5.74) is 0. The first kappa shape index (κ1) is 16.2. The molecule has 2 aliphatic rings. The first-order valence-corrected chi connectivity index (χ1v) is 7.98. The molecule has 0 aromatic heterocycles. The molecule has 2 fully saturated rings. The van der Waals surface area contributed by atoms with Crippen LogP contribution in [0.2, 0.25) is 0 Å². The fraction of sp³-hybridized carbons (Fsp3) is 0.867. The van der Waals surface area contributed by atoms with Gasteiger partial charge in [0.2, 0.25) is 5.91 Å². The normalized spacial score (nSPS) is 21.5. The Labute approximate surface area is 125 Å². The highest BCUT2D eigenvalue weighted by Crippen LogP contribution is 2.18. The zero-order chi connectivity index (χ0) is 15.1. The molecule has 0 atom stereocenters. The summed E-state index contributed by atoms with van der Waals surface area (Å²) in [6.07, 6.45) is 6.62. The van der Waals surface area contributed by atoms with E-state index < -0.39 is 5.97 Å². The van der Waals surface area contributed by atoms with Gasteiger partial charge in [-0.05, 0) is 25.7 Å². The van der Waals surface area contributed by atoms with Crippen LogP contribution in [0.15, 0.2) is 0 Å². The molecule has 1 heterocycles. The van der Waals surface area contributed by atoms with Crippen molar-refractivity contribution in [1.82, 2.24) is 10.2 Å². The van der Waals surface area contributed by atoms with Crippen LogP contribution in [0, 0.1) is 0 Å². The molecule has 1 saturated heterocycles.